The zero-order valence-corrected chi connectivity index (χ0v) is 6.72. The molecule has 2 nitrogen and oxygen atoms in total. The summed E-state index contributed by atoms with van der Waals surface area (Å²) in [5, 5.41) is 0. The topological polar surface area (TPSA) is 30.0 Å². The van der Waals surface area contributed by atoms with Crippen molar-refractivity contribution in [3.63, 3.8) is 0 Å². The van der Waals surface area contributed by atoms with Crippen LogP contribution in [0.4, 0.5) is 13.2 Å². The molecule has 0 N–H and O–H groups in total. The molecule has 70 valence electrons. The van der Waals surface area contributed by atoms with E-state index in [9.17, 15) is 18.0 Å². The van der Waals surface area contributed by atoms with Crippen LogP contribution in [0.15, 0.2) is 6.07 Å². The molecule has 0 aromatic carbocycles. The Balaban J connectivity index is 3.28. The quantitative estimate of drug-likeness (QED) is 0.527. The van der Waals surface area contributed by atoms with Crippen molar-refractivity contribution in [3.05, 3.63) is 28.8 Å². The molecule has 0 amide bonds. The first-order chi connectivity index (χ1) is 6.06. The monoisotopic (exact) mass is 189 g/mol. The van der Waals surface area contributed by atoms with Gasteiger partial charge in [-0.3, -0.25) is 4.79 Å². The number of nitrogens with zero attached hydrogens (tertiary/aromatic N) is 1. The fourth-order valence-electron chi connectivity index (χ4n) is 0.929. The van der Waals surface area contributed by atoms with Crippen molar-refractivity contribution in [2.24, 2.45) is 0 Å². The molecule has 0 fully saturated rings. The van der Waals surface area contributed by atoms with Crippen LogP contribution < -0.4 is 0 Å². The van der Waals surface area contributed by atoms with E-state index in [4.69, 9.17) is 0 Å². The summed E-state index contributed by atoms with van der Waals surface area (Å²) in [6, 6.07) is 1.05. The second-order valence-electron chi connectivity index (χ2n) is 2.49. The maximum absolute atomic E-state index is 12.7. The molecule has 5 heteroatoms. The lowest BCUT2D eigenvalue weighted by Gasteiger charge is -2.04. The summed E-state index contributed by atoms with van der Waals surface area (Å²) in [4.78, 5) is 13.2. The standard InChI is InChI=1S/C8H6F3NO/c1-4-2-5(3-13)8(11)12-6(4)7(9)10/h2-3,7H,1H3. The average Bonchev–Trinajstić information content (AvgIpc) is 2.07. The van der Waals surface area contributed by atoms with Gasteiger partial charge >= 0.3 is 0 Å². The number of rotatable bonds is 2. The second kappa shape index (κ2) is 3.55. The Morgan fingerprint density at radius 3 is 2.62 bits per heavy atom. The molecule has 1 aromatic heterocycles. The Kier molecular flexibility index (Phi) is 2.65. The van der Waals surface area contributed by atoms with Gasteiger partial charge in [0.2, 0.25) is 5.95 Å². The highest BCUT2D eigenvalue weighted by Gasteiger charge is 2.15. The van der Waals surface area contributed by atoms with E-state index in [0.29, 0.717) is 0 Å². The third-order valence-electron chi connectivity index (χ3n) is 1.57. The van der Waals surface area contributed by atoms with E-state index in [0.717, 1.165) is 6.07 Å². The number of hydrogen-bond acceptors (Lipinski definition) is 2. The summed E-state index contributed by atoms with van der Waals surface area (Å²) >= 11 is 0. The van der Waals surface area contributed by atoms with Crippen LogP contribution in [0.25, 0.3) is 0 Å². The Bertz CT molecular complexity index is 338. The maximum atomic E-state index is 12.7. The van der Waals surface area contributed by atoms with Crippen molar-refractivity contribution in [2.75, 3.05) is 0 Å². The van der Waals surface area contributed by atoms with Crippen molar-refractivity contribution < 1.29 is 18.0 Å². The van der Waals surface area contributed by atoms with E-state index in [1.807, 2.05) is 0 Å². The van der Waals surface area contributed by atoms with E-state index in [2.05, 4.69) is 4.98 Å². The first-order valence-corrected chi connectivity index (χ1v) is 3.46. The second-order valence-corrected chi connectivity index (χ2v) is 2.49. The molecule has 0 aliphatic rings. The van der Waals surface area contributed by atoms with E-state index >= 15 is 0 Å². The Morgan fingerprint density at radius 2 is 2.15 bits per heavy atom. The van der Waals surface area contributed by atoms with Crippen LogP contribution in [0.2, 0.25) is 0 Å². The van der Waals surface area contributed by atoms with Crippen LogP contribution in [0, 0.1) is 12.9 Å². The Hall–Kier alpha value is -1.39. The van der Waals surface area contributed by atoms with Crippen LogP contribution in [0.5, 0.6) is 0 Å². The lowest BCUT2D eigenvalue weighted by Crippen LogP contribution is -2.01. The highest BCUT2D eigenvalue weighted by atomic mass is 19.3. The molecule has 0 aliphatic carbocycles. The summed E-state index contributed by atoms with van der Waals surface area (Å²) in [5.41, 5.74) is -0.816. The molecule has 0 unspecified atom stereocenters. The summed E-state index contributed by atoms with van der Waals surface area (Å²) < 4.78 is 37.0. The molecule has 0 spiro atoms. The average molecular weight is 189 g/mol. The fourth-order valence-corrected chi connectivity index (χ4v) is 0.929. The largest absolute Gasteiger partial charge is 0.298 e. The molecule has 0 saturated carbocycles. The van der Waals surface area contributed by atoms with Crippen molar-refractivity contribution in [1.29, 1.82) is 0 Å². The van der Waals surface area contributed by atoms with E-state index in [1.54, 1.807) is 0 Å². The number of halogens is 3. The first kappa shape index (κ1) is 9.70. The van der Waals surface area contributed by atoms with Gasteiger partial charge in [0.25, 0.3) is 6.43 Å². The lowest BCUT2D eigenvalue weighted by atomic mass is 10.1. The van der Waals surface area contributed by atoms with Gasteiger partial charge in [-0.1, -0.05) is 0 Å². The van der Waals surface area contributed by atoms with Crippen molar-refractivity contribution in [3.8, 4) is 0 Å². The van der Waals surface area contributed by atoms with E-state index in [1.165, 1.54) is 6.92 Å². The summed E-state index contributed by atoms with van der Waals surface area (Å²) in [6.45, 7) is 1.35. The lowest BCUT2D eigenvalue weighted by molar-refractivity contribution is 0.111. The van der Waals surface area contributed by atoms with Crippen LogP contribution >= 0.6 is 0 Å². The molecule has 1 heterocycles. The Morgan fingerprint density at radius 1 is 1.54 bits per heavy atom. The number of carbonyl (C=O) groups excluding carboxylic acids is 1. The predicted molar refractivity (Wildman–Crippen MR) is 39.3 cm³/mol. The number of pyridine rings is 1. The number of alkyl halides is 2. The third-order valence-corrected chi connectivity index (χ3v) is 1.57. The van der Waals surface area contributed by atoms with Gasteiger partial charge in [0.15, 0.2) is 6.29 Å². The highest BCUT2D eigenvalue weighted by Crippen LogP contribution is 2.21. The van der Waals surface area contributed by atoms with Crippen LogP contribution in [0.1, 0.15) is 28.0 Å². The van der Waals surface area contributed by atoms with Gasteiger partial charge in [-0.05, 0) is 18.6 Å². The molecule has 0 saturated heterocycles. The molecule has 0 bridgehead atoms. The molecule has 0 aliphatic heterocycles. The fraction of sp³-hybridized carbons (Fsp3) is 0.250. The molecule has 13 heavy (non-hydrogen) atoms. The maximum Gasteiger partial charge on any atom is 0.280 e. The van der Waals surface area contributed by atoms with Gasteiger partial charge in [0.1, 0.15) is 5.69 Å². The van der Waals surface area contributed by atoms with Gasteiger partial charge < -0.3 is 0 Å². The number of aryl methyl sites for hydroxylation is 1. The minimum Gasteiger partial charge on any atom is -0.298 e. The van der Waals surface area contributed by atoms with Crippen LogP contribution in [-0.2, 0) is 0 Å². The summed E-state index contributed by atoms with van der Waals surface area (Å²) in [5.74, 6) is -1.16. The van der Waals surface area contributed by atoms with Crippen molar-refractivity contribution in [2.45, 2.75) is 13.3 Å². The normalized spacial score (nSPS) is 10.5. The zero-order valence-electron chi connectivity index (χ0n) is 6.72. The highest BCUT2D eigenvalue weighted by molar-refractivity contribution is 5.74. The van der Waals surface area contributed by atoms with Gasteiger partial charge in [0.05, 0.1) is 5.56 Å². The molecular weight excluding hydrogens is 183 g/mol. The van der Waals surface area contributed by atoms with Gasteiger partial charge in [0, 0.05) is 0 Å². The number of carbonyl (C=O) groups is 1. The van der Waals surface area contributed by atoms with Gasteiger partial charge in [-0.25, -0.2) is 13.8 Å². The number of aromatic nitrogens is 1. The smallest absolute Gasteiger partial charge is 0.280 e. The van der Waals surface area contributed by atoms with Crippen LogP contribution in [-0.4, -0.2) is 11.3 Å². The summed E-state index contributed by atoms with van der Waals surface area (Å²) in [7, 11) is 0. The first-order valence-electron chi connectivity index (χ1n) is 3.46. The van der Waals surface area contributed by atoms with Gasteiger partial charge in [-0.2, -0.15) is 4.39 Å². The SMILES string of the molecule is Cc1cc(C=O)c(F)nc1C(F)F. The third kappa shape index (κ3) is 1.85. The van der Waals surface area contributed by atoms with Crippen molar-refractivity contribution in [1.82, 2.24) is 4.98 Å². The minimum absolute atomic E-state index is 0.110. The predicted octanol–water partition coefficient (Wildman–Crippen LogP) is 2.28. The minimum atomic E-state index is -2.82. The zero-order chi connectivity index (χ0) is 10.0. The number of aldehydes is 1. The van der Waals surface area contributed by atoms with Gasteiger partial charge in [-0.15, -0.1) is 0 Å². The molecule has 0 atom stereocenters. The van der Waals surface area contributed by atoms with Crippen LogP contribution in [0.3, 0.4) is 0 Å². The van der Waals surface area contributed by atoms with E-state index in [-0.39, 0.29) is 17.4 Å². The van der Waals surface area contributed by atoms with E-state index < -0.39 is 18.1 Å². The summed E-state index contributed by atoms with van der Waals surface area (Å²) in [6.07, 6.45) is -2.58. The Labute approximate surface area is 72.4 Å². The van der Waals surface area contributed by atoms with Crippen molar-refractivity contribution >= 4 is 6.29 Å². The number of hydrogen-bond donors (Lipinski definition) is 0. The molecular formula is C8H6F3NO. The molecule has 1 rings (SSSR count). The molecule has 1 aromatic rings. The molecule has 0 radical (unpaired) electrons.